The molecule has 2 aromatic rings. The second-order valence-electron chi connectivity index (χ2n) is 5.89. The van der Waals surface area contributed by atoms with E-state index in [0.29, 0.717) is 6.61 Å². The van der Waals surface area contributed by atoms with Crippen molar-refractivity contribution in [2.45, 2.75) is 32.7 Å². The molecule has 0 amide bonds. The van der Waals surface area contributed by atoms with Crippen LogP contribution in [0.5, 0.6) is 5.75 Å². The van der Waals surface area contributed by atoms with E-state index in [1.54, 1.807) is 6.92 Å². The maximum absolute atomic E-state index is 9.65. The van der Waals surface area contributed by atoms with Gasteiger partial charge in [-0.1, -0.05) is 12.1 Å². The lowest BCUT2D eigenvalue weighted by Gasteiger charge is -2.27. The van der Waals surface area contributed by atoms with Crippen molar-refractivity contribution < 1.29 is 14.9 Å². The first-order valence-corrected chi connectivity index (χ1v) is 7.95. The highest BCUT2D eigenvalue weighted by atomic mass is 16.5. The van der Waals surface area contributed by atoms with Gasteiger partial charge in [-0.05, 0) is 30.7 Å². The lowest BCUT2D eigenvalue weighted by Crippen LogP contribution is -2.33. The second-order valence-corrected chi connectivity index (χ2v) is 5.89. The van der Waals surface area contributed by atoms with E-state index < -0.39 is 6.10 Å². The molecule has 124 valence electrons. The molecule has 1 aromatic heterocycles. The molecule has 6 heteroatoms. The lowest BCUT2D eigenvalue weighted by atomic mass is 10.1. The van der Waals surface area contributed by atoms with Crippen molar-refractivity contribution in [3.05, 3.63) is 47.3 Å². The van der Waals surface area contributed by atoms with Crippen LogP contribution in [0, 0.1) is 0 Å². The molecular weight excluding hydrogens is 294 g/mol. The first-order valence-electron chi connectivity index (χ1n) is 7.95. The van der Waals surface area contributed by atoms with Gasteiger partial charge in [0, 0.05) is 19.6 Å². The van der Waals surface area contributed by atoms with E-state index in [1.807, 2.05) is 28.9 Å². The van der Waals surface area contributed by atoms with Gasteiger partial charge in [0.2, 0.25) is 0 Å². The van der Waals surface area contributed by atoms with Gasteiger partial charge < -0.3 is 14.9 Å². The topological polar surface area (TPSA) is 70.8 Å². The Kier molecular flexibility index (Phi) is 4.95. The normalized spacial score (nSPS) is 16.1. The number of rotatable bonds is 6. The van der Waals surface area contributed by atoms with E-state index in [1.165, 1.54) is 5.56 Å². The van der Waals surface area contributed by atoms with Crippen molar-refractivity contribution in [3.8, 4) is 5.75 Å². The average Bonchev–Trinajstić information content (AvgIpc) is 2.97. The van der Waals surface area contributed by atoms with Crippen molar-refractivity contribution in [1.29, 1.82) is 0 Å². The van der Waals surface area contributed by atoms with Crippen molar-refractivity contribution in [2.75, 3.05) is 19.8 Å². The van der Waals surface area contributed by atoms with Gasteiger partial charge in [-0.15, -0.1) is 0 Å². The van der Waals surface area contributed by atoms with Gasteiger partial charge in [0.25, 0.3) is 0 Å². The van der Waals surface area contributed by atoms with E-state index in [-0.39, 0.29) is 6.61 Å². The lowest BCUT2D eigenvalue weighted by molar-refractivity contribution is 0.189. The number of nitrogens with zero attached hydrogens (tertiary/aromatic N) is 3. The molecule has 0 fully saturated rings. The summed E-state index contributed by atoms with van der Waals surface area (Å²) in [5, 5.41) is 22.9. The highest BCUT2D eigenvalue weighted by Gasteiger charge is 2.19. The van der Waals surface area contributed by atoms with Crippen molar-refractivity contribution >= 4 is 0 Å². The Balaban J connectivity index is 1.65. The molecule has 0 saturated heterocycles. The van der Waals surface area contributed by atoms with Crippen LogP contribution in [0.1, 0.15) is 30.0 Å². The van der Waals surface area contributed by atoms with Crippen LogP contribution in [0.25, 0.3) is 0 Å². The smallest absolute Gasteiger partial charge is 0.119 e. The summed E-state index contributed by atoms with van der Waals surface area (Å²) in [7, 11) is 0. The highest BCUT2D eigenvalue weighted by Crippen LogP contribution is 2.20. The molecular formula is C17H23N3O3. The van der Waals surface area contributed by atoms with Crippen LogP contribution >= 0.6 is 0 Å². The molecule has 6 nitrogen and oxygen atoms in total. The van der Waals surface area contributed by atoms with Crippen LogP contribution in [0.3, 0.4) is 0 Å². The Hall–Kier alpha value is -1.89. The molecule has 0 saturated carbocycles. The molecule has 1 aromatic carbocycles. The standard InChI is InChI=1S/C17H23N3O3/c1-13(22)17-10-15-12-19(5-6-20(15)18-17)11-14-3-2-4-16(9-14)23-8-7-21/h2-4,9-10,13,21-22H,5-8,11-12H2,1H3/t13-/m0/s1. The summed E-state index contributed by atoms with van der Waals surface area (Å²) in [6, 6.07) is 9.96. The number of fused-ring (bicyclic) bond motifs is 1. The molecule has 0 aliphatic carbocycles. The van der Waals surface area contributed by atoms with Gasteiger partial charge in [-0.2, -0.15) is 5.10 Å². The molecule has 0 unspecified atom stereocenters. The summed E-state index contributed by atoms with van der Waals surface area (Å²) in [5.41, 5.74) is 3.06. The zero-order valence-electron chi connectivity index (χ0n) is 13.4. The van der Waals surface area contributed by atoms with Crippen LogP contribution in [0.2, 0.25) is 0 Å². The molecule has 0 bridgehead atoms. The predicted molar refractivity (Wildman–Crippen MR) is 86.0 cm³/mol. The van der Waals surface area contributed by atoms with Crippen LogP contribution in [0.4, 0.5) is 0 Å². The van der Waals surface area contributed by atoms with Crippen LogP contribution < -0.4 is 4.74 Å². The first kappa shape index (κ1) is 16.0. The number of aromatic nitrogens is 2. The van der Waals surface area contributed by atoms with Gasteiger partial charge in [0.15, 0.2) is 0 Å². The van der Waals surface area contributed by atoms with Crippen LogP contribution in [-0.2, 0) is 19.6 Å². The molecule has 0 spiro atoms. The summed E-state index contributed by atoms with van der Waals surface area (Å²) in [5.74, 6) is 0.787. The van der Waals surface area contributed by atoms with Gasteiger partial charge in [0.1, 0.15) is 12.4 Å². The molecule has 23 heavy (non-hydrogen) atoms. The quantitative estimate of drug-likeness (QED) is 0.841. The maximum atomic E-state index is 9.65. The van der Waals surface area contributed by atoms with E-state index in [2.05, 4.69) is 16.1 Å². The Morgan fingerprint density at radius 1 is 1.30 bits per heavy atom. The van der Waals surface area contributed by atoms with Crippen LogP contribution in [-0.4, -0.2) is 44.7 Å². The van der Waals surface area contributed by atoms with Gasteiger partial charge in [-0.3, -0.25) is 9.58 Å². The molecule has 1 atom stereocenters. The molecule has 3 rings (SSSR count). The Bertz CT molecular complexity index is 654. The van der Waals surface area contributed by atoms with Crippen molar-refractivity contribution in [2.24, 2.45) is 0 Å². The van der Waals surface area contributed by atoms with Gasteiger partial charge in [-0.25, -0.2) is 0 Å². The van der Waals surface area contributed by atoms with Gasteiger partial charge >= 0.3 is 0 Å². The Morgan fingerprint density at radius 2 is 2.17 bits per heavy atom. The fraction of sp³-hybridized carbons (Fsp3) is 0.471. The number of benzene rings is 1. The SMILES string of the molecule is C[C@H](O)c1cc2n(n1)CCN(Cc1cccc(OCCO)c1)C2. The first-order chi connectivity index (χ1) is 11.2. The molecule has 2 heterocycles. The third-order valence-corrected chi connectivity index (χ3v) is 3.99. The highest BCUT2D eigenvalue weighted by molar-refractivity contribution is 5.28. The van der Waals surface area contributed by atoms with E-state index in [4.69, 9.17) is 9.84 Å². The maximum Gasteiger partial charge on any atom is 0.119 e. The summed E-state index contributed by atoms with van der Waals surface area (Å²) >= 11 is 0. The molecule has 1 aliphatic rings. The molecule has 2 N–H and O–H groups in total. The summed E-state index contributed by atoms with van der Waals surface area (Å²) in [4.78, 5) is 2.36. The van der Waals surface area contributed by atoms with Crippen LogP contribution in [0.15, 0.2) is 30.3 Å². The number of hydrogen-bond acceptors (Lipinski definition) is 5. The minimum Gasteiger partial charge on any atom is -0.491 e. The Morgan fingerprint density at radius 3 is 2.96 bits per heavy atom. The predicted octanol–water partition coefficient (Wildman–Crippen LogP) is 1.32. The molecule has 1 aliphatic heterocycles. The number of ether oxygens (including phenoxy) is 1. The summed E-state index contributed by atoms with van der Waals surface area (Å²) < 4.78 is 7.45. The zero-order chi connectivity index (χ0) is 16.2. The minimum atomic E-state index is -0.526. The van der Waals surface area contributed by atoms with Crippen molar-refractivity contribution in [1.82, 2.24) is 14.7 Å². The number of aliphatic hydroxyl groups excluding tert-OH is 2. The summed E-state index contributed by atoms with van der Waals surface area (Å²) in [6.45, 7) is 5.50. The van der Waals surface area contributed by atoms with Crippen molar-refractivity contribution in [3.63, 3.8) is 0 Å². The number of hydrogen-bond donors (Lipinski definition) is 2. The fourth-order valence-electron chi connectivity index (χ4n) is 2.84. The fourth-order valence-corrected chi connectivity index (χ4v) is 2.84. The molecule has 0 radical (unpaired) electrons. The van der Waals surface area contributed by atoms with E-state index in [0.717, 1.165) is 43.3 Å². The van der Waals surface area contributed by atoms with E-state index >= 15 is 0 Å². The average molecular weight is 317 g/mol. The number of aliphatic hydroxyl groups is 2. The van der Waals surface area contributed by atoms with E-state index in [9.17, 15) is 5.11 Å². The van der Waals surface area contributed by atoms with Gasteiger partial charge in [0.05, 0.1) is 30.6 Å². The largest absolute Gasteiger partial charge is 0.491 e. The Labute approximate surface area is 135 Å². The third kappa shape index (κ3) is 3.90. The third-order valence-electron chi connectivity index (χ3n) is 3.99. The minimum absolute atomic E-state index is 0.0198. The zero-order valence-corrected chi connectivity index (χ0v) is 13.4. The monoisotopic (exact) mass is 317 g/mol. The second kappa shape index (κ2) is 7.12. The summed E-state index contributed by atoms with van der Waals surface area (Å²) in [6.07, 6.45) is -0.526.